The molecule has 0 unspecified atom stereocenters. The van der Waals surface area contributed by atoms with E-state index in [1.54, 1.807) is 54.6 Å². The molecule has 0 bridgehead atoms. The highest BCUT2D eigenvalue weighted by molar-refractivity contribution is 6.33. The Morgan fingerprint density at radius 2 is 1.31 bits per heavy atom. The van der Waals surface area contributed by atoms with Gasteiger partial charge in [-0.15, -0.1) is 0 Å². The molecule has 2 amide bonds. The highest BCUT2D eigenvalue weighted by Gasteiger charge is 2.20. The van der Waals surface area contributed by atoms with Gasteiger partial charge in [-0.1, -0.05) is 48.0 Å². The van der Waals surface area contributed by atoms with Gasteiger partial charge in [-0.25, -0.2) is 4.39 Å². The topological polar surface area (TPSA) is 58.2 Å². The van der Waals surface area contributed by atoms with E-state index in [9.17, 15) is 14.0 Å². The Hall–Kier alpha value is -3.18. The van der Waals surface area contributed by atoms with E-state index >= 15 is 0 Å². The van der Waals surface area contributed by atoms with Crippen LogP contribution in [0.1, 0.15) is 20.7 Å². The highest BCUT2D eigenvalue weighted by Crippen LogP contribution is 2.22. The summed E-state index contributed by atoms with van der Waals surface area (Å²) in [5.41, 5.74) is 0.423. The van der Waals surface area contributed by atoms with Crippen molar-refractivity contribution in [3.8, 4) is 0 Å². The summed E-state index contributed by atoms with van der Waals surface area (Å²) in [7, 11) is 0. The quantitative estimate of drug-likeness (QED) is 0.682. The summed E-state index contributed by atoms with van der Waals surface area (Å²) in [6, 6.07) is 19.4. The molecule has 0 aliphatic carbocycles. The first-order valence-corrected chi connectivity index (χ1v) is 8.15. The molecule has 3 aromatic rings. The molecule has 2 N–H and O–H groups in total. The van der Waals surface area contributed by atoms with E-state index in [2.05, 4.69) is 10.6 Å². The van der Waals surface area contributed by atoms with Gasteiger partial charge in [0.2, 0.25) is 0 Å². The summed E-state index contributed by atoms with van der Waals surface area (Å²) in [6.07, 6.45) is 0. The van der Waals surface area contributed by atoms with Crippen molar-refractivity contribution in [2.24, 2.45) is 0 Å². The Kier molecular flexibility index (Phi) is 5.29. The minimum absolute atomic E-state index is 0.222. The van der Waals surface area contributed by atoms with E-state index in [1.807, 2.05) is 0 Å². The zero-order valence-electron chi connectivity index (χ0n) is 13.5. The molecule has 3 rings (SSSR count). The molecule has 6 heteroatoms. The minimum atomic E-state index is -0.898. The third-order valence-electron chi connectivity index (χ3n) is 3.64. The summed E-state index contributed by atoms with van der Waals surface area (Å²) in [4.78, 5) is 24.7. The molecule has 0 saturated carbocycles. The van der Waals surface area contributed by atoms with Crippen LogP contribution in [-0.4, -0.2) is 11.8 Å². The molecular weight excluding hydrogens is 355 g/mol. The number of nitrogens with one attached hydrogen (secondary N) is 2. The first kappa shape index (κ1) is 17.6. The smallest absolute Gasteiger partial charge is 0.258 e. The van der Waals surface area contributed by atoms with Gasteiger partial charge in [-0.3, -0.25) is 9.59 Å². The Bertz CT molecular complexity index is 961. The minimum Gasteiger partial charge on any atom is -0.322 e. The van der Waals surface area contributed by atoms with Crippen LogP contribution >= 0.6 is 11.6 Å². The van der Waals surface area contributed by atoms with E-state index < -0.39 is 17.6 Å². The van der Waals surface area contributed by atoms with Gasteiger partial charge in [-0.2, -0.15) is 0 Å². The van der Waals surface area contributed by atoms with Crippen LogP contribution in [0.3, 0.4) is 0 Å². The number of hydrogen-bond donors (Lipinski definition) is 2. The van der Waals surface area contributed by atoms with E-state index in [1.165, 1.54) is 18.2 Å². The van der Waals surface area contributed by atoms with Gasteiger partial charge in [0, 0.05) is 5.69 Å². The number of amides is 2. The van der Waals surface area contributed by atoms with Crippen LogP contribution in [-0.2, 0) is 0 Å². The van der Waals surface area contributed by atoms with Gasteiger partial charge in [0.15, 0.2) is 0 Å². The lowest BCUT2D eigenvalue weighted by Crippen LogP contribution is -2.19. The first-order chi connectivity index (χ1) is 12.6. The lowest BCUT2D eigenvalue weighted by atomic mass is 10.1. The number of benzene rings is 3. The van der Waals surface area contributed by atoms with Crippen LogP contribution in [0.15, 0.2) is 72.8 Å². The molecule has 0 fully saturated rings. The molecule has 0 aliphatic heterocycles. The maximum atomic E-state index is 14.7. The van der Waals surface area contributed by atoms with Gasteiger partial charge >= 0.3 is 0 Å². The van der Waals surface area contributed by atoms with Gasteiger partial charge in [0.05, 0.1) is 21.8 Å². The molecular formula is C20H14ClFN2O2. The molecule has 0 radical (unpaired) electrons. The predicted molar refractivity (Wildman–Crippen MR) is 100 cm³/mol. The van der Waals surface area contributed by atoms with Gasteiger partial charge < -0.3 is 10.6 Å². The fraction of sp³-hybridized carbons (Fsp3) is 0. The van der Waals surface area contributed by atoms with Crippen LogP contribution in [0.2, 0.25) is 5.02 Å². The lowest BCUT2D eigenvalue weighted by molar-refractivity contribution is 0.102. The summed E-state index contributed by atoms with van der Waals surface area (Å²) in [6.45, 7) is 0. The monoisotopic (exact) mass is 368 g/mol. The van der Waals surface area contributed by atoms with Crippen LogP contribution < -0.4 is 10.6 Å². The van der Waals surface area contributed by atoms with E-state index in [4.69, 9.17) is 11.6 Å². The number of carbonyl (C=O) groups is 2. The van der Waals surface area contributed by atoms with Crippen LogP contribution in [0, 0.1) is 5.82 Å². The van der Waals surface area contributed by atoms with E-state index in [0.717, 1.165) is 0 Å². The second-order valence-electron chi connectivity index (χ2n) is 5.42. The third-order valence-corrected chi connectivity index (χ3v) is 3.97. The maximum Gasteiger partial charge on any atom is 0.258 e. The molecule has 0 spiro atoms. The average molecular weight is 369 g/mol. The number of halogens is 2. The summed E-state index contributed by atoms with van der Waals surface area (Å²) in [5.74, 6) is -2.23. The molecule has 26 heavy (non-hydrogen) atoms. The Labute approximate surface area is 154 Å². The molecule has 0 aliphatic rings. The van der Waals surface area contributed by atoms with Crippen molar-refractivity contribution in [1.29, 1.82) is 0 Å². The zero-order valence-corrected chi connectivity index (χ0v) is 14.3. The third kappa shape index (κ3) is 3.90. The Morgan fingerprint density at radius 1 is 0.731 bits per heavy atom. The van der Waals surface area contributed by atoms with Crippen molar-refractivity contribution < 1.29 is 14.0 Å². The van der Waals surface area contributed by atoms with Gasteiger partial charge in [-0.05, 0) is 36.4 Å². The van der Waals surface area contributed by atoms with Crippen molar-refractivity contribution in [2.45, 2.75) is 0 Å². The van der Waals surface area contributed by atoms with E-state index in [0.29, 0.717) is 16.4 Å². The second kappa shape index (κ2) is 7.80. The number of hydrogen-bond acceptors (Lipinski definition) is 2. The molecule has 130 valence electrons. The zero-order chi connectivity index (χ0) is 18.5. The largest absolute Gasteiger partial charge is 0.322 e. The molecule has 0 saturated heterocycles. The molecule has 3 aromatic carbocycles. The molecule has 4 nitrogen and oxygen atoms in total. The number of rotatable bonds is 4. The predicted octanol–water partition coefficient (Wildman–Crippen LogP) is 4.98. The van der Waals surface area contributed by atoms with Gasteiger partial charge in [0.1, 0.15) is 5.82 Å². The van der Waals surface area contributed by atoms with Crippen molar-refractivity contribution in [3.63, 3.8) is 0 Å². The summed E-state index contributed by atoms with van der Waals surface area (Å²) in [5, 5.41) is 5.47. The highest BCUT2D eigenvalue weighted by atomic mass is 35.5. The van der Waals surface area contributed by atoms with Crippen LogP contribution in [0.25, 0.3) is 0 Å². The van der Waals surface area contributed by atoms with Crippen molar-refractivity contribution in [2.75, 3.05) is 10.6 Å². The fourth-order valence-corrected chi connectivity index (χ4v) is 2.54. The van der Waals surface area contributed by atoms with Gasteiger partial charge in [0.25, 0.3) is 11.8 Å². The van der Waals surface area contributed by atoms with Crippen molar-refractivity contribution >= 4 is 34.8 Å². The Balaban J connectivity index is 1.84. The van der Waals surface area contributed by atoms with Crippen molar-refractivity contribution in [3.05, 3.63) is 94.8 Å². The molecule has 0 aromatic heterocycles. The normalized spacial score (nSPS) is 10.2. The number of anilines is 2. The molecule has 0 heterocycles. The van der Waals surface area contributed by atoms with E-state index in [-0.39, 0.29) is 11.1 Å². The second-order valence-corrected chi connectivity index (χ2v) is 5.83. The summed E-state index contributed by atoms with van der Waals surface area (Å²) < 4.78 is 14.7. The lowest BCUT2D eigenvalue weighted by Gasteiger charge is -2.10. The van der Waals surface area contributed by atoms with Crippen LogP contribution in [0.5, 0.6) is 0 Å². The first-order valence-electron chi connectivity index (χ1n) is 7.77. The average Bonchev–Trinajstić information content (AvgIpc) is 2.64. The Morgan fingerprint density at radius 3 is 1.96 bits per heavy atom. The molecule has 0 atom stereocenters. The standard InChI is InChI=1S/C20H14ClFN2O2/c21-16-11-4-5-12-17(16)24-20(26)15-10-6-9-14(18(15)22)19(25)23-13-7-2-1-3-8-13/h1-12H,(H,23,25)(H,24,26). The van der Waals surface area contributed by atoms with Crippen LogP contribution in [0.4, 0.5) is 15.8 Å². The maximum absolute atomic E-state index is 14.7. The summed E-state index contributed by atoms with van der Waals surface area (Å²) >= 11 is 5.99. The number of carbonyl (C=O) groups excluding carboxylic acids is 2. The number of para-hydroxylation sites is 2. The SMILES string of the molecule is O=C(Nc1ccccc1)c1cccc(C(=O)Nc2ccccc2Cl)c1F. The van der Waals surface area contributed by atoms with Crippen molar-refractivity contribution in [1.82, 2.24) is 0 Å². The fourth-order valence-electron chi connectivity index (χ4n) is 2.35.